The number of hydrogen-bond donors (Lipinski definition) is 2. The number of nitrogens with one attached hydrogen (secondary N) is 1. The van der Waals surface area contributed by atoms with Crippen molar-refractivity contribution in [1.29, 1.82) is 5.26 Å². The molecule has 2 bridgehead atoms. The highest BCUT2D eigenvalue weighted by Gasteiger charge is 2.51. The molecule has 2 amide bonds. The summed E-state index contributed by atoms with van der Waals surface area (Å²) in [7, 11) is 1.41. The number of anilines is 1. The van der Waals surface area contributed by atoms with Gasteiger partial charge < -0.3 is 34.6 Å². The molecule has 55 heavy (non-hydrogen) atoms. The van der Waals surface area contributed by atoms with Crippen LogP contribution in [0.5, 0.6) is 17.6 Å². The SMILES string of the molecule is C#Cc1c(F)ccc2cc(O)cc(-c3nc(OC)c4c(N5CC6CCC(C5)N6C(=O)NC(C)(C)C#N)nc(OCC5(CN6CC7CC7C6)CC5)nc4c3F)c12. The molecule has 2 aromatic carbocycles. The van der Waals surface area contributed by atoms with Crippen molar-refractivity contribution in [2.45, 2.75) is 63.6 Å². The molecule has 4 atom stereocenters. The lowest BCUT2D eigenvalue weighted by Gasteiger charge is -2.42. The van der Waals surface area contributed by atoms with Crippen LogP contribution in [0.2, 0.25) is 0 Å². The highest BCUT2D eigenvalue weighted by atomic mass is 19.1. The molecule has 3 aliphatic heterocycles. The van der Waals surface area contributed by atoms with Crippen molar-refractivity contribution < 1.29 is 28.2 Å². The summed E-state index contributed by atoms with van der Waals surface area (Å²) in [5.74, 6) is 2.68. The maximum atomic E-state index is 17.3. The zero-order chi connectivity index (χ0) is 38.4. The Hall–Kier alpha value is -5.47. The summed E-state index contributed by atoms with van der Waals surface area (Å²) in [5, 5.41) is 23.9. The maximum Gasteiger partial charge on any atom is 0.319 e. The second-order valence-corrected chi connectivity index (χ2v) is 16.6. The third-order valence-electron chi connectivity index (χ3n) is 12.2. The number of ether oxygens (including phenoxy) is 2. The molecule has 5 fully saturated rings. The van der Waals surface area contributed by atoms with E-state index >= 15 is 8.78 Å². The summed E-state index contributed by atoms with van der Waals surface area (Å²) in [6.07, 6.45) is 10.6. The van der Waals surface area contributed by atoms with Crippen LogP contribution in [0.3, 0.4) is 0 Å². The molecule has 284 valence electrons. The minimum atomic E-state index is -1.04. The minimum Gasteiger partial charge on any atom is -0.508 e. The van der Waals surface area contributed by atoms with Crippen molar-refractivity contribution in [3.8, 4) is 47.3 Å². The number of aromatic hydroxyl groups is 1. The van der Waals surface area contributed by atoms with E-state index in [0.29, 0.717) is 30.9 Å². The number of aromatic nitrogens is 3. The van der Waals surface area contributed by atoms with Gasteiger partial charge in [-0.25, -0.2) is 18.6 Å². The smallest absolute Gasteiger partial charge is 0.319 e. The Labute approximate surface area is 317 Å². The van der Waals surface area contributed by atoms with E-state index in [4.69, 9.17) is 20.9 Å². The van der Waals surface area contributed by atoms with Crippen molar-refractivity contribution in [3.05, 3.63) is 41.5 Å². The number of phenolic OH excluding ortho intramolecular Hbond substituents is 1. The number of pyridine rings is 1. The predicted octanol–water partition coefficient (Wildman–Crippen LogP) is 5.59. The number of methoxy groups -OCH3 is 1. The molecule has 0 spiro atoms. The lowest BCUT2D eigenvalue weighted by atomic mass is 9.95. The zero-order valence-electron chi connectivity index (χ0n) is 31.0. The number of nitriles is 1. The quantitative estimate of drug-likeness (QED) is 0.208. The Morgan fingerprint density at radius 3 is 2.47 bits per heavy atom. The number of likely N-dealkylation sites (tertiary alicyclic amines) is 1. The first-order chi connectivity index (χ1) is 26.4. The molecular formula is C41H42F2N8O4. The van der Waals surface area contributed by atoms with E-state index in [9.17, 15) is 15.2 Å². The van der Waals surface area contributed by atoms with Crippen LogP contribution in [-0.4, -0.2) is 100.0 Å². The molecule has 2 aromatic heterocycles. The number of urea groups is 1. The Morgan fingerprint density at radius 2 is 1.82 bits per heavy atom. The van der Waals surface area contributed by atoms with Crippen molar-refractivity contribution >= 4 is 33.5 Å². The highest BCUT2D eigenvalue weighted by Crippen LogP contribution is 2.51. The summed E-state index contributed by atoms with van der Waals surface area (Å²) in [6.45, 7) is 7.61. The highest BCUT2D eigenvalue weighted by molar-refractivity contribution is 6.04. The number of carbonyl (C=O) groups is 1. The van der Waals surface area contributed by atoms with E-state index in [0.717, 1.165) is 57.2 Å². The summed E-state index contributed by atoms with van der Waals surface area (Å²) >= 11 is 0. The van der Waals surface area contributed by atoms with Crippen molar-refractivity contribution in [2.75, 3.05) is 51.3 Å². The summed E-state index contributed by atoms with van der Waals surface area (Å²) in [6, 6.07) is 6.80. The van der Waals surface area contributed by atoms with Gasteiger partial charge in [0.2, 0.25) is 5.88 Å². The lowest BCUT2D eigenvalue weighted by molar-refractivity contribution is 0.156. The van der Waals surface area contributed by atoms with Crippen LogP contribution in [0.1, 0.15) is 51.5 Å². The first-order valence-corrected chi connectivity index (χ1v) is 18.9. The fourth-order valence-electron chi connectivity index (χ4n) is 9.08. The molecule has 9 rings (SSSR count). The molecule has 0 radical (unpaired) electrons. The maximum absolute atomic E-state index is 17.3. The minimum absolute atomic E-state index is 0.00411. The third-order valence-corrected chi connectivity index (χ3v) is 12.2. The van der Waals surface area contributed by atoms with Gasteiger partial charge in [0.05, 0.1) is 37.4 Å². The van der Waals surface area contributed by atoms with E-state index in [1.54, 1.807) is 18.7 Å². The van der Waals surface area contributed by atoms with Crippen molar-refractivity contribution in [3.63, 3.8) is 0 Å². The molecule has 2 aliphatic carbocycles. The average molecular weight is 749 g/mol. The van der Waals surface area contributed by atoms with Crippen LogP contribution in [0.4, 0.5) is 19.4 Å². The molecule has 4 unspecified atom stereocenters. The molecule has 4 aromatic rings. The van der Waals surface area contributed by atoms with Gasteiger partial charge in [-0.15, -0.1) is 6.42 Å². The molecule has 5 aliphatic rings. The van der Waals surface area contributed by atoms with Gasteiger partial charge in [0.15, 0.2) is 5.82 Å². The summed E-state index contributed by atoms with van der Waals surface area (Å²) in [5.41, 5.74) is -1.46. The standard InChI is InChI=1S/C41H42F2N8O4/c1-5-28-30(42)9-6-22-13-27(52)14-29(31(22)28)34-33(43)35-32(37(45-34)54-4)36(50-17-25-7-8-26(18-50)51(25)39(53)48-40(2,3)19-44)47-38(46-35)55-21-41(10-11-41)20-49-15-23-12-24(23)16-49/h1,6,9,13-14,23-26,52H,7-8,10-12,15-18,20-21H2,2-4H3,(H,48,53). The van der Waals surface area contributed by atoms with E-state index in [1.807, 2.05) is 4.90 Å². The zero-order valence-corrected chi connectivity index (χ0v) is 31.0. The third kappa shape index (κ3) is 6.17. The number of fused-ring (bicyclic) bond motifs is 5. The Balaban J connectivity index is 1.14. The van der Waals surface area contributed by atoms with Gasteiger partial charge in [-0.3, -0.25) is 0 Å². The Kier molecular flexibility index (Phi) is 8.21. The fourth-order valence-corrected chi connectivity index (χ4v) is 9.08. The number of benzene rings is 2. The lowest BCUT2D eigenvalue weighted by Crippen LogP contribution is -2.60. The Bertz CT molecular complexity index is 2330. The fraction of sp³-hybridized carbons (Fsp3) is 0.488. The molecule has 2 N–H and O–H groups in total. The summed E-state index contributed by atoms with van der Waals surface area (Å²) in [4.78, 5) is 34.0. The van der Waals surface area contributed by atoms with Crippen LogP contribution in [-0.2, 0) is 0 Å². The van der Waals surface area contributed by atoms with Gasteiger partial charge in [-0.05, 0) is 81.4 Å². The molecular weight excluding hydrogens is 706 g/mol. The number of terminal acetylenes is 1. The van der Waals surface area contributed by atoms with E-state index in [1.165, 1.54) is 37.8 Å². The van der Waals surface area contributed by atoms with Crippen LogP contribution >= 0.6 is 0 Å². The van der Waals surface area contributed by atoms with Crippen LogP contribution in [0, 0.1) is 52.6 Å². The number of amides is 2. The van der Waals surface area contributed by atoms with Gasteiger partial charge in [0.25, 0.3) is 0 Å². The number of phenols is 1. The average Bonchev–Trinajstić information content (AvgIpc) is 4.05. The topological polar surface area (TPSA) is 140 Å². The van der Waals surface area contributed by atoms with E-state index < -0.39 is 17.2 Å². The monoisotopic (exact) mass is 748 g/mol. The number of rotatable bonds is 9. The molecule has 12 nitrogen and oxygen atoms in total. The van der Waals surface area contributed by atoms with Crippen LogP contribution in [0.25, 0.3) is 32.9 Å². The molecule has 5 heterocycles. The largest absolute Gasteiger partial charge is 0.508 e. The van der Waals surface area contributed by atoms with Gasteiger partial charge in [-0.2, -0.15) is 15.2 Å². The molecule has 2 saturated carbocycles. The second kappa shape index (κ2) is 12.8. The van der Waals surface area contributed by atoms with Crippen LogP contribution < -0.4 is 19.7 Å². The number of nitrogens with zero attached hydrogens (tertiary/aromatic N) is 7. The number of carbonyl (C=O) groups excluding carboxylic acids is 1. The summed E-state index contributed by atoms with van der Waals surface area (Å²) < 4.78 is 44.6. The van der Waals surface area contributed by atoms with Gasteiger partial charge in [0.1, 0.15) is 39.5 Å². The van der Waals surface area contributed by atoms with Crippen molar-refractivity contribution in [2.24, 2.45) is 17.3 Å². The number of halogens is 2. The second-order valence-electron chi connectivity index (χ2n) is 16.6. The van der Waals surface area contributed by atoms with Crippen molar-refractivity contribution in [1.82, 2.24) is 30.1 Å². The van der Waals surface area contributed by atoms with E-state index in [-0.39, 0.29) is 74.3 Å². The first kappa shape index (κ1) is 35.2. The van der Waals surface area contributed by atoms with Gasteiger partial charge in [-0.1, -0.05) is 12.0 Å². The van der Waals surface area contributed by atoms with Gasteiger partial charge in [0, 0.05) is 49.1 Å². The Morgan fingerprint density at radius 1 is 1.09 bits per heavy atom. The van der Waals surface area contributed by atoms with Crippen LogP contribution in [0.15, 0.2) is 24.3 Å². The number of piperidine rings is 1. The van der Waals surface area contributed by atoms with E-state index in [2.05, 4.69) is 32.2 Å². The van der Waals surface area contributed by atoms with Gasteiger partial charge >= 0.3 is 12.0 Å². The molecule has 3 saturated heterocycles. The predicted molar refractivity (Wildman–Crippen MR) is 201 cm³/mol. The first-order valence-electron chi connectivity index (χ1n) is 18.9. The molecule has 14 heteroatoms. The normalized spacial score (nSPS) is 23.7. The number of hydrogen-bond acceptors (Lipinski definition) is 10. The number of piperazine rings is 1.